The minimum absolute atomic E-state index is 0.200. The molecule has 152 valence electrons. The number of nitrogens with zero attached hydrogens (tertiary/aromatic N) is 4. The lowest BCUT2D eigenvalue weighted by atomic mass is 10.0. The van der Waals surface area contributed by atoms with Gasteiger partial charge >= 0.3 is 0 Å². The van der Waals surface area contributed by atoms with Crippen molar-refractivity contribution in [2.45, 2.75) is 65.3 Å². The number of aryl methyl sites for hydroxylation is 1. The van der Waals surface area contributed by atoms with Gasteiger partial charge in [-0.15, -0.1) is 5.10 Å². The van der Waals surface area contributed by atoms with Gasteiger partial charge in [-0.25, -0.2) is 9.67 Å². The van der Waals surface area contributed by atoms with E-state index in [1.807, 2.05) is 25.1 Å². The van der Waals surface area contributed by atoms with Crippen LogP contribution < -0.4 is 5.32 Å². The van der Waals surface area contributed by atoms with Crippen LogP contribution in [0.4, 0.5) is 0 Å². The number of benzene rings is 1. The molecular weight excluding hydrogens is 350 g/mol. The van der Waals surface area contributed by atoms with Gasteiger partial charge in [-0.2, -0.15) is 0 Å². The number of carbonyl (C=O) groups is 1. The second-order valence-corrected chi connectivity index (χ2v) is 7.96. The Hall–Kier alpha value is -2.21. The molecule has 1 unspecified atom stereocenters. The van der Waals surface area contributed by atoms with Gasteiger partial charge in [0.05, 0.1) is 5.69 Å². The van der Waals surface area contributed by atoms with Crippen LogP contribution in [-0.4, -0.2) is 51.2 Å². The summed E-state index contributed by atoms with van der Waals surface area (Å²) in [4.78, 5) is 19.5. The highest BCUT2D eigenvalue weighted by Gasteiger charge is 2.21. The third-order valence-corrected chi connectivity index (χ3v) is 5.66. The summed E-state index contributed by atoms with van der Waals surface area (Å²) in [5.41, 5.74) is 2.18. The minimum Gasteiger partial charge on any atom is -0.348 e. The van der Waals surface area contributed by atoms with Crippen LogP contribution in [0.3, 0.4) is 0 Å². The highest BCUT2D eigenvalue weighted by atomic mass is 16.2. The third-order valence-electron chi connectivity index (χ3n) is 5.66. The molecule has 1 aromatic carbocycles. The summed E-state index contributed by atoms with van der Waals surface area (Å²) in [6, 6.07) is 8.80. The van der Waals surface area contributed by atoms with Crippen molar-refractivity contribution in [3.63, 3.8) is 0 Å². The van der Waals surface area contributed by atoms with Gasteiger partial charge in [0.2, 0.25) is 5.82 Å². The summed E-state index contributed by atoms with van der Waals surface area (Å²) >= 11 is 0. The fraction of sp³-hybridized carbons (Fsp3) is 0.591. The maximum atomic E-state index is 12.6. The van der Waals surface area contributed by atoms with Crippen LogP contribution >= 0.6 is 0 Å². The molecule has 6 nitrogen and oxygen atoms in total. The SMILES string of the molecule is CCC1CCCCN1CCNC(=O)c1nc(C)n(-c2ccccc2C(C)C)n1. The number of para-hydroxylation sites is 1. The predicted molar refractivity (Wildman–Crippen MR) is 112 cm³/mol. The molecule has 0 radical (unpaired) electrons. The summed E-state index contributed by atoms with van der Waals surface area (Å²) in [5, 5.41) is 7.50. The highest BCUT2D eigenvalue weighted by molar-refractivity contribution is 5.90. The normalized spacial score (nSPS) is 17.8. The van der Waals surface area contributed by atoms with E-state index in [9.17, 15) is 4.79 Å². The number of hydrogen-bond acceptors (Lipinski definition) is 4. The first kappa shape index (κ1) is 20.5. The molecule has 1 amide bonds. The Labute approximate surface area is 168 Å². The molecule has 0 spiro atoms. The molecule has 1 aliphatic rings. The number of carbonyl (C=O) groups excluding carboxylic acids is 1. The molecule has 1 saturated heterocycles. The third kappa shape index (κ3) is 4.61. The van der Waals surface area contributed by atoms with E-state index in [0.717, 1.165) is 24.6 Å². The molecule has 0 aliphatic carbocycles. The van der Waals surface area contributed by atoms with Crippen LogP contribution in [0.15, 0.2) is 24.3 Å². The van der Waals surface area contributed by atoms with Crippen molar-refractivity contribution in [2.24, 2.45) is 0 Å². The quantitative estimate of drug-likeness (QED) is 0.792. The minimum atomic E-state index is -0.200. The van der Waals surface area contributed by atoms with Crippen LogP contribution in [0.5, 0.6) is 0 Å². The van der Waals surface area contributed by atoms with Crippen molar-refractivity contribution in [3.05, 3.63) is 41.5 Å². The van der Waals surface area contributed by atoms with E-state index < -0.39 is 0 Å². The predicted octanol–water partition coefficient (Wildman–Crippen LogP) is 3.69. The number of nitrogens with one attached hydrogen (secondary N) is 1. The van der Waals surface area contributed by atoms with Crippen LogP contribution in [0.25, 0.3) is 5.69 Å². The lowest BCUT2D eigenvalue weighted by molar-refractivity contribution is 0.0924. The van der Waals surface area contributed by atoms with Crippen LogP contribution in [0.2, 0.25) is 0 Å². The molecule has 0 saturated carbocycles. The standard InChI is InChI=1S/C22H33N5O/c1-5-18-10-8-9-14-26(18)15-13-23-22(28)21-24-17(4)27(25-21)20-12-7-6-11-19(20)16(2)3/h6-7,11-12,16,18H,5,8-10,13-15H2,1-4H3,(H,23,28). The van der Waals surface area contributed by atoms with E-state index in [4.69, 9.17) is 0 Å². The molecule has 1 N–H and O–H groups in total. The average molecular weight is 384 g/mol. The molecule has 1 aliphatic heterocycles. The highest BCUT2D eigenvalue weighted by Crippen LogP contribution is 2.23. The van der Waals surface area contributed by atoms with Gasteiger partial charge in [0.1, 0.15) is 5.82 Å². The lowest BCUT2D eigenvalue weighted by Gasteiger charge is -2.35. The summed E-state index contributed by atoms with van der Waals surface area (Å²) in [5.74, 6) is 1.13. The first-order chi connectivity index (χ1) is 13.5. The van der Waals surface area contributed by atoms with Gasteiger partial charge in [-0.3, -0.25) is 9.69 Å². The van der Waals surface area contributed by atoms with Crippen molar-refractivity contribution in [1.29, 1.82) is 0 Å². The van der Waals surface area contributed by atoms with E-state index in [-0.39, 0.29) is 11.7 Å². The van der Waals surface area contributed by atoms with Gasteiger partial charge in [0, 0.05) is 19.1 Å². The van der Waals surface area contributed by atoms with Crippen molar-refractivity contribution in [2.75, 3.05) is 19.6 Å². The molecule has 3 rings (SSSR count). The molecule has 0 bridgehead atoms. The van der Waals surface area contributed by atoms with Crippen molar-refractivity contribution >= 4 is 5.91 Å². The van der Waals surface area contributed by atoms with Crippen LogP contribution in [0, 0.1) is 6.92 Å². The molecule has 1 aromatic heterocycles. The van der Waals surface area contributed by atoms with Crippen molar-refractivity contribution in [3.8, 4) is 5.69 Å². The lowest BCUT2D eigenvalue weighted by Crippen LogP contribution is -2.43. The number of likely N-dealkylation sites (tertiary alicyclic amines) is 1. The summed E-state index contributed by atoms with van der Waals surface area (Å²) in [6.45, 7) is 11.1. The molecule has 1 fully saturated rings. The summed E-state index contributed by atoms with van der Waals surface area (Å²) < 4.78 is 1.78. The van der Waals surface area contributed by atoms with E-state index in [0.29, 0.717) is 18.5 Å². The van der Waals surface area contributed by atoms with Gasteiger partial charge in [-0.05, 0) is 50.3 Å². The molecule has 2 heterocycles. The Kier molecular flexibility index (Phi) is 6.83. The van der Waals surface area contributed by atoms with Crippen LogP contribution in [0.1, 0.15) is 74.4 Å². The number of hydrogen-bond donors (Lipinski definition) is 1. The number of piperidine rings is 1. The zero-order valence-corrected chi connectivity index (χ0v) is 17.6. The smallest absolute Gasteiger partial charge is 0.291 e. The van der Waals surface area contributed by atoms with Gasteiger partial charge in [-0.1, -0.05) is 45.4 Å². The zero-order chi connectivity index (χ0) is 20.1. The van der Waals surface area contributed by atoms with Gasteiger partial charge in [0.15, 0.2) is 0 Å². The number of amides is 1. The van der Waals surface area contributed by atoms with E-state index >= 15 is 0 Å². The number of aromatic nitrogens is 3. The Bertz CT molecular complexity index is 798. The van der Waals surface area contributed by atoms with Crippen molar-refractivity contribution < 1.29 is 4.79 Å². The van der Waals surface area contributed by atoms with E-state index in [2.05, 4.69) is 47.1 Å². The summed E-state index contributed by atoms with van der Waals surface area (Å²) in [6.07, 6.45) is 5.02. The summed E-state index contributed by atoms with van der Waals surface area (Å²) in [7, 11) is 0. The molecule has 2 aromatic rings. The van der Waals surface area contributed by atoms with Crippen LogP contribution in [-0.2, 0) is 0 Å². The van der Waals surface area contributed by atoms with Crippen molar-refractivity contribution in [1.82, 2.24) is 25.0 Å². The largest absolute Gasteiger partial charge is 0.348 e. The Morgan fingerprint density at radius 3 is 2.82 bits per heavy atom. The molecular formula is C22H33N5O. The Morgan fingerprint density at radius 1 is 1.29 bits per heavy atom. The number of rotatable bonds is 7. The van der Waals surface area contributed by atoms with E-state index in [1.165, 1.54) is 31.2 Å². The van der Waals surface area contributed by atoms with E-state index in [1.54, 1.807) is 4.68 Å². The fourth-order valence-electron chi connectivity index (χ4n) is 4.09. The van der Waals surface area contributed by atoms with Gasteiger partial charge in [0.25, 0.3) is 5.91 Å². The molecule has 28 heavy (non-hydrogen) atoms. The average Bonchev–Trinajstić information content (AvgIpc) is 3.10. The monoisotopic (exact) mass is 383 g/mol. The Morgan fingerprint density at radius 2 is 2.07 bits per heavy atom. The fourth-order valence-corrected chi connectivity index (χ4v) is 4.09. The Balaban J connectivity index is 1.65. The molecule has 1 atom stereocenters. The second-order valence-electron chi connectivity index (χ2n) is 7.96. The maximum Gasteiger partial charge on any atom is 0.291 e. The van der Waals surface area contributed by atoms with Gasteiger partial charge < -0.3 is 5.32 Å². The first-order valence-electron chi connectivity index (χ1n) is 10.6. The topological polar surface area (TPSA) is 63.1 Å². The first-order valence-corrected chi connectivity index (χ1v) is 10.6. The molecule has 6 heteroatoms. The maximum absolute atomic E-state index is 12.6. The zero-order valence-electron chi connectivity index (χ0n) is 17.6. The second kappa shape index (κ2) is 9.32.